The van der Waals surface area contributed by atoms with Gasteiger partial charge in [0.1, 0.15) is 5.75 Å². The Labute approximate surface area is 182 Å². The fraction of sp³-hybridized carbons (Fsp3) is 0.100. The third kappa shape index (κ3) is 4.78. The highest BCUT2D eigenvalue weighted by atomic mass is 79.9. The summed E-state index contributed by atoms with van der Waals surface area (Å²) >= 11 is 10.4. The van der Waals surface area contributed by atoms with Crippen molar-refractivity contribution in [3.63, 3.8) is 0 Å². The van der Waals surface area contributed by atoms with Crippen LogP contribution in [0.3, 0.4) is 0 Å². The zero-order valence-electron chi connectivity index (χ0n) is 14.3. The van der Waals surface area contributed by atoms with E-state index in [1.165, 1.54) is 0 Å². The number of ether oxygens (including phenoxy) is 1. The molecule has 0 fully saturated rings. The second kappa shape index (κ2) is 8.99. The van der Waals surface area contributed by atoms with Crippen LogP contribution in [0.15, 0.2) is 67.1 Å². The zero-order valence-corrected chi connectivity index (χ0v) is 19.1. The third-order valence-electron chi connectivity index (χ3n) is 3.95. The molecule has 0 spiro atoms. The molecule has 27 heavy (non-hydrogen) atoms. The summed E-state index contributed by atoms with van der Waals surface area (Å²) in [7, 11) is 1.59. The number of methoxy groups -OCH3 is 1. The molecule has 7 heteroatoms. The summed E-state index contributed by atoms with van der Waals surface area (Å²) in [5.41, 5.74) is 4.27. The van der Waals surface area contributed by atoms with E-state index in [-0.39, 0.29) is 12.3 Å². The summed E-state index contributed by atoms with van der Waals surface area (Å²) in [5.74, 6) is 0.460. The normalized spacial score (nSPS) is 11.1. The van der Waals surface area contributed by atoms with E-state index in [0.717, 1.165) is 35.3 Å². The molecular weight excluding hydrogens is 540 g/mol. The molecule has 3 aromatic carbocycles. The molecule has 0 aliphatic carbocycles. The Bertz CT molecular complexity index is 1040. The molecule has 0 aliphatic rings. The van der Waals surface area contributed by atoms with Crippen molar-refractivity contribution >= 4 is 70.7 Å². The Kier molecular flexibility index (Phi) is 6.68. The summed E-state index contributed by atoms with van der Waals surface area (Å²) in [6.45, 7) is 0. The van der Waals surface area contributed by atoms with Crippen LogP contribution in [0, 0.1) is 0 Å². The number of amides is 1. The quantitative estimate of drug-likeness (QED) is 0.319. The van der Waals surface area contributed by atoms with Crippen LogP contribution >= 0.6 is 47.8 Å². The number of carbonyl (C=O) groups excluding carboxylic acids is 1. The predicted octanol–water partition coefficient (Wildman–Crippen LogP) is 5.83. The SMILES string of the molecule is COc1c(Br)cc(Br)cc1/C=N\NC(=O)Cc1ccc(Br)c2ccccc12. The van der Waals surface area contributed by atoms with Gasteiger partial charge in [-0.05, 0) is 50.5 Å². The van der Waals surface area contributed by atoms with Gasteiger partial charge in [-0.25, -0.2) is 5.43 Å². The molecule has 0 saturated heterocycles. The maximum atomic E-state index is 12.3. The van der Waals surface area contributed by atoms with Crippen LogP contribution in [0.2, 0.25) is 0 Å². The lowest BCUT2D eigenvalue weighted by Crippen LogP contribution is -2.20. The van der Waals surface area contributed by atoms with Gasteiger partial charge in [0.25, 0.3) is 0 Å². The van der Waals surface area contributed by atoms with E-state index in [9.17, 15) is 4.79 Å². The molecule has 0 atom stereocenters. The molecule has 0 aliphatic heterocycles. The molecule has 0 saturated carbocycles. The van der Waals surface area contributed by atoms with E-state index in [4.69, 9.17) is 4.74 Å². The maximum absolute atomic E-state index is 12.3. The largest absolute Gasteiger partial charge is 0.495 e. The van der Waals surface area contributed by atoms with Crippen molar-refractivity contribution in [2.24, 2.45) is 5.10 Å². The Morgan fingerprint density at radius 1 is 1.07 bits per heavy atom. The number of nitrogens with one attached hydrogen (secondary N) is 1. The van der Waals surface area contributed by atoms with E-state index >= 15 is 0 Å². The fourth-order valence-electron chi connectivity index (χ4n) is 2.76. The van der Waals surface area contributed by atoms with Gasteiger partial charge in [0, 0.05) is 14.5 Å². The maximum Gasteiger partial charge on any atom is 0.244 e. The minimum absolute atomic E-state index is 0.188. The van der Waals surface area contributed by atoms with E-state index in [1.807, 2.05) is 48.5 Å². The van der Waals surface area contributed by atoms with E-state index in [2.05, 4.69) is 58.3 Å². The second-order valence-corrected chi connectivity index (χ2v) is 8.36. The molecule has 1 amide bonds. The molecule has 138 valence electrons. The topological polar surface area (TPSA) is 50.7 Å². The van der Waals surface area contributed by atoms with Gasteiger partial charge in [-0.2, -0.15) is 5.10 Å². The van der Waals surface area contributed by atoms with E-state index < -0.39 is 0 Å². The summed E-state index contributed by atoms with van der Waals surface area (Å²) < 4.78 is 8.05. The Hall–Kier alpha value is -1.70. The van der Waals surface area contributed by atoms with Crippen molar-refractivity contribution in [1.82, 2.24) is 5.43 Å². The first-order chi connectivity index (χ1) is 13.0. The molecule has 1 N–H and O–H groups in total. The second-order valence-electron chi connectivity index (χ2n) is 5.73. The number of hydrazone groups is 1. The standard InChI is InChI=1S/C20H15Br3N2O2/c1-27-20-13(8-14(21)10-18(20)23)11-24-25-19(26)9-12-6-7-17(22)16-5-3-2-4-15(12)16/h2-8,10-11H,9H2,1H3,(H,25,26)/b24-11-. The van der Waals surface area contributed by atoms with Crippen LogP contribution in [0.4, 0.5) is 0 Å². The number of rotatable bonds is 5. The zero-order chi connectivity index (χ0) is 19.4. The molecular formula is C20H15Br3N2O2. The van der Waals surface area contributed by atoms with Gasteiger partial charge in [-0.1, -0.05) is 62.2 Å². The van der Waals surface area contributed by atoms with Gasteiger partial charge in [-0.15, -0.1) is 0 Å². The van der Waals surface area contributed by atoms with Gasteiger partial charge in [0.2, 0.25) is 5.91 Å². The van der Waals surface area contributed by atoms with Gasteiger partial charge < -0.3 is 4.74 Å². The van der Waals surface area contributed by atoms with Gasteiger partial charge >= 0.3 is 0 Å². The van der Waals surface area contributed by atoms with Gasteiger partial charge in [0.15, 0.2) is 0 Å². The Morgan fingerprint density at radius 3 is 2.56 bits per heavy atom. The first-order valence-electron chi connectivity index (χ1n) is 8.00. The van der Waals surface area contributed by atoms with Crippen LogP contribution < -0.4 is 10.2 Å². The first kappa shape index (κ1) is 20.0. The molecule has 0 aromatic heterocycles. The monoisotopic (exact) mass is 552 g/mol. The summed E-state index contributed by atoms with van der Waals surface area (Å²) in [6.07, 6.45) is 1.80. The molecule has 0 bridgehead atoms. The Morgan fingerprint density at radius 2 is 1.81 bits per heavy atom. The van der Waals surface area contributed by atoms with Gasteiger partial charge in [0.05, 0.1) is 24.2 Å². The fourth-order valence-corrected chi connectivity index (χ4v) is 4.65. The lowest BCUT2D eigenvalue weighted by molar-refractivity contribution is -0.120. The lowest BCUT2D eigenvalue weighted by atomic mass is 10.0. The molecule has 4 nitrogen and oxygen atoms in total. The molecule has 0 unspecified atom stereocenters. The smallest absolute Gasteiger partial charge is 0.244 e. The number of nitrogens with zero attached hydrogens (tertiary/aromatic N) is 1. The van der Waals surface area contributed by atoms with Crippen LogP contribution in [0.25, 0.3) is 10.8 Å². The summed E-state index contributed by atoms with van der Waals surface area (Å²) in [4.78, 5) is 12.3. The number of fused-ring (bicyclic) bond motifs is 1. The van der Waals surface area contributed by atoms with Crippen molar-refractivity contribution in [3.8, 4) is 5.75 Å². The molecule has 3 aromatic rings. The van der Waals surface area contributed by atoms with Crippen molar-refractivity contribution in [2.45, 2.75) is 6.42 Å². The third-order valence-corrected chi connectivity index (χ3v) is 5.68. The lowest BCUT2D eigenvalue weighted by Gasteiger charge is -2.08. The molecule has 0 heterocycles. The first-order valence-corrected chi connectivity index (χ1v) is 10.4. The van der Waals surface area contributed by atoms with Crippen molar-refractivity contribution in [3.05, 3.63) is 73.1 Å². The average Bonchev–Trinajstić information content (AvgIpc) is 2.64. The number of benzene rings is 3. The number of carbonyl (C=O) groups is 1. The van der Waals surface area contributed by atoms with E-state index in [1.54, 1.807) is 13.3 Å². The molecule has 0 radical (unpaired) electrons. The minimum Gasteiger partial charge on any atom is -0.495 e. The van der Waals surface area contributed by atoms with Crippen LogP contribution in [0.1, 0.15) is 11.1 Å². The summed E-state index contributed by atoms with van der Waals surface area (Å²) in [5, 5.41) is 6.19. The van der Waals surface area contributed by atoms with Crippen LogP contribution in [0.5, 0.6) is 5.75 Å². The Balaban J connectivity index is 1.75. The van der Waals surface area contributed by atoms with Crippen molar-refractivity contribution in [2.75, 3.05) is 7.11 Å². The van der Waals surface area contributed by atoms with Crippen LogP contribution in [-0.2, 0) is 11.2 Å². The summed E-state index contributed by atoms with van der Waals surface area (Å²) in [6, 6.07) is 15.6. The van der Waals surface area contributed by atoms with Crippen LogP contribution in [-0.4, -0.2) is 19.2 Å². The van der Waals surface area contributed by atoms with Crippen molar-refractivity contribution in [1.29, 1.82) is 0 Å². The average molecular weight is 555 g/mol. The number of hydrogen-bond acceptors (Lipinski definition) is 3. The minimum atomic E-state index is -0.188. The van der Waals surface area contributed by atoms with E-state index in [0.29, 0.717) is 5.75 Å². The highest BCUT2D eigenvalue weighted by Gasteiger charge is 2.10. The number of hydrogen-bond donors (Lipinski definition) is 1. The van der Waals surface area contributed by atoms with Gasteiger partial charge in [-0.3, -0.25) is 4.79 Å². The molecule has 3 rings (SSSR count). The highest BCUT2D eigenvalue weighted by Crippen LogP contribution is 2.31. The number of halogens is 3. The van der Waals surface area contributed by atoms with Crippen molar-refractivity contribution < 1.29 is 9.53 Å². The predicted molar refractivity (Wildman–Crippen MR) is 119 cm³/mol. The highest BCUT2D eigenvalue weighted by molar-refractivity contribution is 9.11.